The van der Waals surface area contributed by atoms with Gasteiger partial charge in [-0.25, -0.2) is 0 Å². The Hall–Kier alpha value is -4.13. The van der Waals surface area contributed by atoms with Crippen LogP contribution in [0.5, 0.6) is 0 Å². The largest absolute Gasteiger partial charge is 0.394 e. The number of allylic oxidation sites excluding steroid dienone is 23. The fourth-order valence-corrected chi connectivity index (χ4v) is 8.31. The number of hydrogen-bond acceptors (Lipinski definition) is 13. The number of hydrogen-bond donors (Lipinski definition) is 9. The molecule has 0 aromatic rings. The Balaban J connectivity index is 1.76. The zero-order valence-electron chi connectivity index (χ0n) is 47.1. The average Bonchev–Trinajstić information content (AvgIpc) is 3.47. The molecule has 2 rings (SSSR count). The van der Waals surface area contributed by atoms with Crippen molar-refractivity contribution < 1.29 is 64.6 Å². The molecule has 0 aliphatic carbocycles. The molecule has 1 amide bonds. The van der Waals surface area contributed by atoms with E-state index in [-0.39, 0.29) is 18.9 Å². The molecule has 14 nitrogen and oxygen atoms in total. The maximum absolute atomic E-state index is 13.2. The Labute approximate surface area is 468 Å². The normalized spacial score (nSPS) is 25.7. The zero-order valence-corrected chi connectivity index (χ0v) is 47.1. The predicted molar refractivity (Wildman–Crippen MR) is 313 cm³/mol. The summed E-state index contributed by atoms with van der Waals surface area (Å²) in [6.07, 6.45) is 54.6. The summed E-state index contributed by atoms with van der Waals surface area (Å²) in [6, 6.07) is -0.967. The van der Waals surface area contributed by atoms with Gasteiger partial charge in [-0.15, -0.1) is 0 Å². The van der Waals surface area contributed by atoms with Gasteiger partial charge in [-0.3, -0.25) is 4.79 Å². The van der Waals surface area contributed by atoms with Gasteiger partial charge in [0.05, 0.1) is 32.0 Å². The minimum absolute atomic E-state index is 0.219. The molecule has 2 aliphatic rings. The summed E-state index contributed by atoms with van der Waals surface area (Å²) >= 11 is 0. The van der Waals surface area contributed by atoms with Gasteiger partial charge < -0.3 is 65.1 Å². The van der Waals surface area contributed by atoms with E-state index in [2.05, 4.69) is 153 Å². The van der Waals surface area contributed by atoms with E-state index in [0.717, 1.165) is 103 Å². The number of aliphatic hydroxyl groups excluding tert-OH is 8. The Morgan fingerprint density at radius 1 is 0.474 bits per heavy atom. The second-order valence-electron chi connectivity index (χ2n) is 19.7. The summed E-state index contributed by atoms with van der Waals surface area (Å²) < 4.78 is 22.7. The Kier molecular flexibility index (Phi) is 42.8. The van der Waals surface area contributed by atoms with E-state index in [1.165, 1.54) is 19.3 Å². The topological polar surface area (TPSA) is 228 Å². The highest BCUT2D eigenvalue weighted by molar-refractivity contribution is 5.76. The number of amides is 1. The van der Waals surface area contributed by atoms with Crippen LogP contribution >= 0.6 is 0 Å². The third-order valence-electron chi connectivity index (χ3n) is 13.0. The van der Waals surface area contributed by atoms with Crippen molar-refractivity contribution in [2.75, 3.05) is 19.8 Å². The number of carbonyl (C=O) groups excluding carboxylic acids is 1. The zero-order chi connectivity index (χ0) is 56.7. The lowest BCUT2D eigenvalue weighted by Crippen LogP contribution is -2.65. The van der Waals surface area contributed by atoms with Crippen molar-refractivity contribution >= 4 is 5.91 Å². The molecule has 9 N–H and O–H groups in total. The molecule has 2 aliphatic heterocycles. The molecule has 0 aromatic carbocycles. The van der Waals surface area contributed by atoms with Crippen LogP contribution in [-0.2, 0) is 23.7 Å². The van der Waals surface area contributed by atoms with Gasteiger partial charge in [-0.05, 0) is 116 Å². The summed E-state index contributed by atoms with van der Waals surface area (Å²) in [5.41, 5.74) is 0. The molecular formula is C64H101NO13. The van der Waals surface area contributed by atoms with E-state index in [1.807, 2.05) is 6.08 Å². The van der Waals surface area contributed by atoms with Crippen LogP contribution < -0.4 is 5.32 Å². The van der Waals surface area contributed by atoms with Crippen LogP contribution in [0.3, 0.4) is 0 Å². The summed E-state index contributed by atoms with van der Waals surface area (Å²) in [5, 5.41) is 86.9. The molecule has 0 aromatic heterocycles. The first-order valence-electron chi connectivity index (χ1n) is 29.1. The van der Waals surface area contributed by atoms with Gasteiger partial charge in [-0.2, -0.15) is 0 Å². The molecule has 2 heterocycles. The van der Waals surface area contributed by atoms with Crippen LogP contribution in [0, 0.1) is 0 Å². The van der Waals surface area contributed by atoms with Crippen molar-refractivity contribution in [2.45, 2.75) is 229 Å². The third-order valence-corrected chi connectivity index (χ3v) is 13.0. The average molecular weight is 1090 g/mol. The van der Waals surface area contributed by atoms with E-state index >= 15 is 0 Å². The van der Waals surface area contributed by atoms with Crippen molar-refractivity contribution in [1.29, 1.82) is 0 Å². The standard InChI is InChI=1S/C64H101NO13/c1-3-5-7-9-11-13-15-17-18-19-20-21-22-23-24-25-26-27-28-29-30-31-32-33-34-36-38-40-42-44-46-48-56(69)65-52(53(68)47-45-43-41-39-37-35-16-14-12-10-8-6-4-2)51-75-63-61(74)59(72)62(55(50-67)77-63)78-64-60(73)58(71)57(70)54(49-66)76-64/h5,7,11-14,17-18,20-21,23-24,26-27,29-30,32-33,36-39,45,47,52-55,57-64,66-68,70-74H,3-4,6,8-10,15-16,19,22,25,28,31,34-35,40-44,46,48-51H2,1-2H3,(H,65,69)/b7-5-,13-11-,14-12+,18-17-,21-20-,24-23-,27-26-,30-29-,33-32-,38-36-,39-37+,47-45+. The summed E-state index contributed by atoms with van der Waals surface area (Å²) in [7, 11) is 0. The first kappa shape index (κ1) is 70.0. The maximum Gasteiger partial charge on any atom is 0.220 e. The molecule has 0 bridgehead atoms. The van der Waals surface area contributed by atoms with Crippen LogP contribution in [-0.4, -0.2) is 140 Å². The highest BCUT2D eigenvalue weighted by Gasteiger charge is 2.51. The van der Waals surface area contributed by atoms with E-state index < -0.39 is 86.8 Å². The van der Waals surface area contributed by atoms with Crippen molar-refractivity contribution in [3.8, 4) is 0 Å². The van der Waals surface area contributed by atoms with Crippen LogP contribution in [0.1, 0.15) is 155 Å². The number of ether oxygens (including phenoxy) is 4. The summed E-state index contributed by atoms with van der Waals surface area (Å²) in [5.74, 6) is -0.295. The van der Waals surface area contributed by atoms with Crippen molar-refractivity contribution in [3.05, 3.63) is 146 Å². The molecule has 0 saturated carbocycles. The Bertz CT molecular complexity index is 1860. The molecule has 12 atom stereocenters. The predicted octanol–water partition coefficient (Wildman–Crippen LogP) is 9.77. The van der Waals surface area contributed by atoms with E-state index in [1.54, 1.807) is 6.08 Å². The van der Waals surface area contributed by atoms with Gasteiger partial charge in [0.1, 0.15) is 48.8 Å². The van der Waals surface area contributed by atoms with Crippen LogP contribution in [0.4, 0.5) is 0 Å². The lowest BCUT2D eigenvalue weighted by atomic mass is 9.97. The minimum atomic E-state index is -1.80. The molecule has 2 fully saturated rings. The SMILES string of the molecule is CC/C=C\C/C=C\C/C=C\C/C=C\C/C=C\C/C=C\C/C=C\C/C=C\C/C=C\CCCCCC(=O)NC(COC1OC(CO)C(OC2OC(CO)C(O)C(O)C2O)C(O)C1O)C(O)/C=C/CC/C=C/CC/C=C/CCCCC. The molecule has 0 spiro atoms. The molecule has 2 saturated heterocycles. The fourth-order valence-electron chi connectivity index (χ4n) is 8.31. The maximum atomic E-state index is 13.2. The fraction of sp³-hybridized carbons (Fsp3) is 0.609. The number of carbonyl (C=O) groups is 1. The molecule has 78 heavy (non-hydrogen) atoms. The molecule has 440 valence electrons. The monoisotopic (exact) mass is 1090 g/mol. The highest BCUT2D eigenvalue weighted by Crippen LogP contribution is 2.30. The van der Waals surface area contributed by atoms with Crippen LogP contribution in [0.25, 0.3) is 0 Å². The van der Waals surface area contributed by atoms with Gasteiger partial charge >= 0.3 is 0 Å². The third kappa shape index (κ3) is 32.8. The molecule has 0 radical (unpaired) electrons. The number of aliphatic hydroxyl groups is 8. The smallest absolute Gasteiger partial charge is 0.220 e. The second-order valence-corrected chi connectivity index (χ2v) is 19.7. The van der Waals surface area contributed by atoms with Crippen molar-refractivity contribution in [2.24, 2.45) is 0 Å². The van der Waals surface area contributed by atoms with Gasteiger partial charge in [0, 0.05) is 6.42 Å². The van der Waals surface area contributed by atoms with Crippen molar-refractivity contribution in [1.82, 2.24) is 5.32 Å². The molecule has 12 unspecified atom stereocenters. The highest BCUT2D eigenvalue weighted by atomic mass is 16.7. The summed E-state index contributed by atoms with van der Waals surface area (Å²) in [4.78, 5) is 13.2. The lowest BCUT2D eigenvalue weighted by molar-refractivity contribution is -0.359. The molecular weight excluding hydrogens is 991 g/mol. The van der Waals surface area contributed by atoms with Gasteiger partial charge in [0.25, 0.3) is 0 Å². The molecule has 14 heteroatoms. The van der Waals surface area contributed by atoms with Crippen LogP contribution in [0.15, 0.2) is 146 Å². The van der Waals surface area contributed by atoms with Gasteiger partial charge in [-0.1, -0.05) is 179 Å². The van der Waals surface area contributed by atoms with Gasteiger partial charge in [0.15, 0.2) is 12.6 Å². The van der Waals surface area contributed by atoms with E-state index in [9.17, 15) is 45.6 Å². The second kappa shape index (κ2) is 47.7. The lowest BCUT2D eigenvalue weighted by Gasteiger charge is -2.46. The van der Waals surface area contributed by atoms with Gasteiger partial charge in [0.2, 0.25) is 5.91 Å². The van der Waals surface area contributed by atoms with E-state index in [4.69, 9.17) is 18.9 Å². The van der Waals surface area contributed by atoms with Crippen molar-refractivity contribution in [3.63, 3.8) is 0 Å². The quantitative estimate of drug-likeness (QED) is 0.0205. The Morgan fingerprint density at radius 3 is 1.38 bits per heavy atom. The minimum Gasteiger partial charge on any atom is -0.394 e. The first-order valence-corrected chi connectivity index (χ1v) is 29.1. The summed E-state index contributed by atoms with van der Waals surface area (Å²) in [6.45, 7) is 2.56. The van der Waals surface area contributed by atoms with E-state index in [0.29, 0.717) is 12.8 Å². The Morgan fingerprint density at radius 2 is 0.897 bits per heavy atom. The first-order chi connectivity index (χ1) is 38.1. The number of rotatable bonds is 43. The number of nitrogens with one attached hydrogen (secondary N) is 1. The number of unbranched alkanes of at least 4 members (excludes halogenated alkanes) is 8. The van der Waals surface area contributed by atoms with Crippen LogP contribution in [0.2, 0.25) is 0 Å².